The minimum absolute atomic E-state index is 0.0124. The van der Waals surface area contributed by atoms with Crippen LogP contribution >= 0.6 is 11.3 Å². The number of anilines is 1. The van der Waals surface area contributed by atoms with E-state index in [2.05, 4.69) is 15.5 Å². The van der Waals surface area contributed by atoms with Crippen LogP contribution in [-0.4, -0.2) is 41.1 Å². The SMILES string of the molecule is CCN(CC1CCC1)C(=O)c1nnc(NC)s1. The van der Waals surface area contributed by atoms with Crippen LogP contribution in [0.4, 0.5) is 5.13 Å². The lowest BCUT2D eigenvalue weighted by Gasteiger charge is -2.31. The van der Waals surface area contributed by atoms with Crippen LogP contribution in [0.15, 0.2) is 0 Å². The maximum atomic E-state index is 12.2. The molecule has 1 aromatic heterocycles. The van der Waals surface area contributed by atoms with E-state index in [4.69, 9.17) is 0 Å². The third-order valence-corrected chi connectivity index (χ3v) is 4.12. The second-order valence-electron chi connectivity index (χ2n) is 4.30. The number of nitrogens with one attached hydrogen (secondary N) is 1. The molecule has 1 aromatic rings. The largest absolute Gasteiger partial charge is 0.363 e. The van der Waals surface area contributed by atoms with Crippen molar-refractivity contribution in [2.45, 2.75) is 26.2 Å². The predicted molar refractivity (Wildman–Crippen MR) is 68.4 cm³/mol. The lowest BCUT2D eigenvalue weighted by molar-refractivity contribution is 0.0705. The topological polar surface area (TPSA) is 58.1 Å². The van der Waals surface area contributed by atoms with Gasteiger partial charge in [0.05, 0.1) is 0 Å². The molecular weight excluding hydrogens is 236 g/mol. The molecule has 0 atom stereocenters. The molecule has 0 aromatic carbocycles. The van der Waals surface area contributed by atoms with Crippen molar-refractivity contribution in [2.75, 3.05) is 25.5 Å². The summed E-state index contributed by atoms with van der Waals surface area (Å²) in [6.45, 7) is 3.62. The van der Waals surface area contributed by atoms with Crippen molar-refractivity contribution in [3.8, 4) is 0 Å². The van der Waals surface area contributed by atoms with Gasteiger partial charge in [0.25, 0.3) is 5.91 Å². The zero-order valence-electron chi connectivity index (χ0n) is 10.3. The summed E-state index contributed by atoms with van der Waals surface area (Å²) in [5.74, 6) is 0.703. The van der Waals surface area contributed by atoms with Crippen molar-refractivity contribution in [3.63, 3.8) is 0 Å². The fourth-order valence-electron chi connectivity index (χ4n) is 1.89. The van der Waals surface area contributed by atoms with Gasteiger partial charge in [-0.15, -0.1) is 10.2 Å². The summed E-state index contributed by atoms with van der Waals surface area (Å²) < 4.78 is 0. The Balaban J connectivity index is 1.99. The third-order valence-electron chi connectivity index (χ3n) is 3.19. The van der Waals surface area contributed by atoms with E-state index in [1.165, 1.54) is 30.6 Å². The number of aromatic nitrogens is 2. The summed E-state index contributed by atoms with van der Waals surface area (Å²) >= 11 is 1.31. The molecule has 1 aliphatic carbocycles. The van der Waals surface area contributed by atoms with Gasteiger partial charge in [-0.05, 0) is 25.7 Å². The highest BCUT2D eigenvalue weighted by Crippen LogP contribution is 2.27. The molecule has 0 radical (unpaired) electrons. The fraction of sp³-hybridized carbons (Fsp3) is 0.727. The third kappa shape index (κ3) is 2.74. The van der Waals surface area contributed by atoms with Crippen molar-refractivity contribution in [1.29, 1.82) is 0 Å². The molecule has 17 heavy (non-hydrogen) atoms. The van der Waals surface area contributed by atoms with Crippen molar-refractivity contribution < 1.29 is 4.79 Å². The number of carbonyl (C=O) groups excluding carboxylic acids is 1. The molecule has 5 nitrogen and oxygen atoms in total. The van der Waals surface area contributed by atoms with Crippen LogP contribution in [0.2, 0.25) is 0 Å². The van der Waals surface area contributed by atoms with E-state index < -0.39 is 0 Å². The van der Waals surface area contributed by atoms with Gasteiger partial charge in [-0.2, -0.15) is 0 Å². The van der Waals surface area contributed by atoms with Gasteiger partial charge in [-0.25, -0.2) is 0 Å². The molecule has 1 N–H and O–H groups in total. The number of rotatable bonds is 5. The van der Waals surface area contributed by atoms with Gasteiger partial charge in [0.15, 0.2) is 0 Å². The molecule has 0 bridgehead atoms. The fourth-order valence-corrected chi connectivity index (χ4v) is 2.55. The molecule has 0 unspecified atom stereocenters. The molecule has 6 heteroatoms. The van der Waals surface area contributed by atoms with Gasteiger partial charge in [0.2, 0.25) is 10.1 Å². The van der Waals surface area contributed by atoms with Crippen LogP contribution in [0.1, 0.15) is 36.0 Å². The molecular formula is C11H18N4OS. The standard InChI is InChI=1S/C11H18N4OS/c1-3-15(7-8-5-4-6-8)10(16)9-13-14-11(12-2)17-9/h8H,3-7H2,1-2H3,(H,12,14). The van der Waals surface area contributed by atoms with Crippen LogP contribution in [0.25, 0.3) is 0 Å². The zero-order valence-corrected chi connectivity index (χ0v) is 11.1. The van der Waals surface area contributed by atoms with E-state index in [9.17, 15) is 4.79 Å². The Bertz CT molecular complexity index is 389. The zero-order chi connectivity index (χ0) is 12.3. The summed E-state index contributed by atoms with van der Waals surface area (Å²) in [7, 11) is 1.78. The predicted octanol–water partition coefficient (Wildman–Crippen LogP) is 1.84. The smallest absolute Gasteiger partial charge is 0.284 e. The van der Waals surface area contributed by atoms with Gasteiger partial charge in [0.1, 0.15) is 0 Å². The van der Waals surface area contributed by atoms with Crippen LogP contribution in [0.5, 0.6) is 0 Å². The quantitative estimate of drug-likeness (QED) is 0.871. The Morgan fingerprint density at radius 2 is 2.29 bits per heavy atom. The lowest BCUT2D eigenvalue weighted by Crippen LogP contribution is -2.37. The van der Waals surface area contributed by atoms with Gasteiger partial charge in [-0.3, -0.25) is 4.79 Å². The van der Waals surface area contributed by atoms with E-state index >= 15 is 0 Å². The van der Waals surface area contributed by atoms with E-state index in [0.29, 0.717) is 16.1 Å². The van der Waals surface area contributed by atoms with Crippen LogP contribution in [0.3, 0.4) is 0 Å². The maximum absolute atomic E-state index is 12.2. The highest BCUT2D eigenvalue weighted by Gasteiger charge is 2.25. The average molecular weight is 254 g/mol. The van der Waals surface area contributed by atoms with E-state index in [1.54, 1.807) is 7.05 Å². The molecule has 1 saturated carbocycles. The van der Waals surface area contributed by atoms with Crippen molar-refractivity contribution in [3.05, 3.63) is 5.01 Å². The highest BCUT2D eigenvalue weighted by molar-refractivity contribution is 7.17. The van der Waals surface area contributed by atoms with Crippen molar-refractivity contribution >= 4 is 22.4 Å². The Hall–Kier alpha value is -1.17. The van der Waals surface area contributed by atoms with Gasteiger partial charge < -0.3 is 10.2 Å². The van der Waals surface area contributed by atoms with E-state index in [-0.39, 0.29) is 5.91 Å². The van der Waals surface area contributed by atoms with Crippen LogP contribution < -0.4 is 5.32 Å². The Morgan fingerprint density at radius 1 is 1.53 bits per heavy atom. The minimum atomic E-state index is 0.0124. The molecule has 1 aliphatic rings. The van der Waals surface area contributed by atoms with Gasteiger partial charge in [0, 0.05) is 20.1 Å². The lowest BCUT2D eigenvalue weighted by atomic mass is 9.85. The average Bonchev–Trinajstić information content (AvgIpc) is 2.75. The molecule has 0 spiro atoms. The second-order valence-corrected chi connectivity index (χ2v) is 5.28. The number of amides is 1. The molecule has 94 valence electrons. The molecule has 1 amide bonds. The minimum Gasteiger partial charge on any atom is -0.363 e. The summed E-state index contributed by atoms with van der Waals surface area (Å²) in [5, 5.41) is 11.9. The Kier molecular flexibility index (Phi) is 3.93. The normalized spacial score (nSPS) is 15.4. The Morgan fingerprint density at radius 3 is 2.76 bits per heavy atom. The summed E-state index contributed by atoms with van der Waals surface area (Å²) in [4.78, 5) is 14.1. The van der Waals surface area contributed by atoms with Crippen molar-refractivity contribution in [2.24, 2.45) is 5.92 Å². The summed E-state index contributed by atoms with van der Waals surface area (Å²) in [6, 6.07) is 0. The molecule has 0 aliphatic heterocycles. The van der Waals surface area contributed by atoms with E-state index in [1.807, 2.05) is 11.8 Å². The van der Waals surface area contributed by atoms with Crippen molar-refractivity contribution in [1.82, 2.24) is 15.1 Å². The van der Waals surface area contributed by atoms with Crippen LogP contribution in [0, 0.1) is 5.92 Å². The van der Waals surface area contributed by atoms with E-state index in [0.717, 1.165) is 13.1 Å². The molecule has 2 rings (SSSR count). The molecule has 1 fully saturated rings. The first-order chi connectivity index (χ1) is 8.24. The molecule has 1 heterocycles. The maximum Gasteiger partial charge on any atom is 0.284 e. The van der Waals surface area contributed by atoms with Crippen LogP contribution in [-0.2, 0) is 0 Å². The van der Waals surface area contributed by atoms with Gasteiger partial charge in [-0.1, -0.05) is 17.8 Å². The highest BCUT2D eigenvalue weighted by atomic mass is 32.1. The second kappa shape index (κ2) is 5.44. The first-order valence-corrected chi connectivity index (χ1v) is 6.86. The number of hydrogen-bond acceptors (Lipinski definition) is 5. The van der Waals surface area contributed by atoms with Gasteiger partial charge >= 0.3 is 0 Å². The Labute approximate surface area is 105 Å². The number of nitrogens with zero attached hydrogens (tertiary/aromatic N) is 3. The monoisotopic (exact) mass is 254 g/mol. The first kappa shape index (κ1) is 12.3. The number of carbonyl (C=O) groups is 1. The summed E-state index contributed by atoms with van der Waals surface area (Å²) in [6.07, 6.45) is 3.81. The summed E-state index contributed by atoms with van der Waals surface area (Å²) in [5.41, 5.74) is 0. The first-order valence-electron chi connectivity index (χ1n) is 6.05. The molecule has 0 saturated heterocycles. The number of hydrogen-bond donors (Lipinski definition) is 1.